The fourth-order valence-corrected chi connectivity index (χ4v) is 3.02. The molecule has 28 heavy (non-hydrogen) atoms. The number of alkyl halides is 3. The van der Waals surface area contributed by atoms with E-state index in [-0.39, 0.29) is 29.9 Å². The number of carbonyl (C=O) groups is 1. The van der Waals surface area contributed by atoms with Crippen LogP contribution in [0.3, 0.4) is 0 Å². The van der Waals surface area contributed by atoms with Gasteiger partial charge in [0, 0.05) is 42.5 Å². The first kappa shape index (κ1) is 19.9. The minimum Gasteiger partial charge on any atom is -0.478 e. The first-order chi connectivity index (χ1) is 13.3. The van der Waals surface area contributed by atoms with Crippen molar-refractivity contribution in [2.24, 2.45) is 5.92 Å². The van der Waals surface area contributed by atoms with Gasteiger partial charge in [-0.15, -0.1) is 0 Å². The third-order valence-corrected chi connectivity index (χ3v) is 4.43. The fourth-order valence-electron chi connectivity index (χ4n) is 3.02. The molecular formula is C19H20F3N3O3. The van der Waals surface area contributed by atoms with Crippen molar-refractivity contribution in [3.8, 4) is 17.1 Å². The zero-order valence-electron chi connectivity index (χ0n) is 15.5. The summed E-state index contributed by atoms with van der Waals surface area (Å²) in [6.07, 6.45) is -2.69. The zero-order chi connectivity index (χ0) is 20.3. The smallest absolute Gasteiger partial charge is 0.433 e. The molecule has 2 aromatic rings. The largest absolute Gasteiger partial charge is 0.478 e. The van der Waals surface area contributed by atoms with E-state index in [2.05, 4.69) is 14.7 Å². The number of rotatable bonds is 6. The molecule has 0 radical (unpaired) electrons. The van der Waals surface area contributed by atoms with Gasteiger partial charge >= 0.3 is 12.1 Å². The van der Waals surface area contributed by atoms with Crippen LogP contribution in [0.2, 0.25) is 0 Å². The Hall–Kier alpha value is -2.84. The van der Waals surface area contributed by atoms with E-state index in [4.69, 9.17) is 4.74 Å². The Morgan fingerprint density at radius 2 is 2.04 bits per heavy atom. The highest BCUT2D eigenvalue weighted by Gasteiger charge is 2.34. The molecule has 2 aromatic heterocycles. The minimum absolute atomic E-state index is 0.0957. The van der Waals surface area contributed by atoms with Gasteiger partial charge in [0.25, 0.3) is 0 Å². The molecule has 1 fully saturated rings. The Morgan fingerprint density at radius 1 is 1.29 bits per heavy atom. The molecule has 9 heteroatoms. The summed E-state index contributed by atoms with van der Waals surface area (Å²) in [7, 11) is 1.36. The number of carbonyl (C=O) groups excluding carboxylic acids is 1. The quantitative estimate of drug-likeness (QED) is 0.697. The lowest BCUT2D eigenvalue weighted by Gasteiger charge is -2.40. The molecule has 150 valence electrons. The number of hydrogen-bond donors (Lipinski definition) is 0. The highest BCUT2D eigenvalue weighted by atomic mass is 19.4. The normalized spacial score (nSPS) is 14.5. The van der Waals surface area contributed by atoms with Gasteiger partial charge in [0.1, 0.15) is 5.69 Å². The molecule has 1 aliphatic rings. The molecule has 0 aromatic carbocycles. The summed E-state index contributed by atoms with van der Waals surface area (Å²) in [6, 6.07) is 5.92. The van der Waals surface area contributed by atoms with E-state index < -0.39 is 11.9 Å². The summed E-state index contributed by atoms with van der Waals surface area (Å²) in [4.78, 5) is 21.1. The van der Waals surface area contributed by atoms with Crippen LogP contribution in [0.25, 0.3) is 11.3 Å². The molecule has 1 saturated heterocycles. The van der Waals surface area contributed by atoms with E-state index in [9.17, 15) is 18.0 Å². The number of methoxy groups -OCH3 is 1. The molecule has 0 spiro atoms. The van der Waals surface area contributed by atoms with Crippen LogP contribution in [0.5, 0.6) is 5.88 Å². The predicted molar refractivity (Wildman–Crippen MR) is 96.0 cm³/mol. The SMILES string of the molecule is CCOc1cc(-c2cc(N3CC(CC(=O)OC)C3)ccn2)cc(C(F)(F)F)n1. The number of ether oxygens (including phenoxy) is 2. The number of nitrogens with zero attached hydrogens (tertiary/aromatic N) is 3. The number of halogens is 3. The maximum atomic E-state index is 13.2. The van der Waals surface area contributed by atoms with Crippen LogP contribution in [-0.4, -0.2) is 42.7 Å². The maximum Gasteiger partial charge on any atom is 0.433 e. The average Bonchev–Trinajstić information content (AvgIpc) is 2.63. The van der Waals surface area contributed by atoms with Gasteiger partial charge < -0.3 is 14.4 Å². The van der Waals surface area contributed by atoms with Crippen molar-refractivity contribution in [1.29, 1.82) is 0 Å². The average molecular weight is 395 g/mol. The van der Waals surface area contributed by atoms with Gasteiger partial charge in [-0.25, -0.2) is 4.98 Å². The van der Waals surface area contributed by atoms with E-state index >= 15 is 0 Å². The second kappa shape index (κ2) is 8.04. The Labute approximate surface area is 160 Å². The van der Waals surface area contributed by atoms with Crippen molar-refractivity contribution < 1.29 is 27.4 Å². The van der Waals surface area contributed by atoms with Gasteiger partial charge in [-0.2, -0.15) is 13.2 Å². The Bertz CT molecular complexity index is 852. The molecule has 1 aliphatic heterocycles. The lowest BCUT2D eigenvalue weighted by molar-refractivity contribution is -0.142. The summed E-state index contributed by atoms with van der Waals surface area (Å²) in [5, 5.41) is 0. The molecule has 3 heterocycles. The number of aromatic nitrogens is 2. The van der Waals surface area contributed by atoms with Crippen molar-refractivity contribution in [3.05, 3.63) is 36.2 Å². The molecule has 0 bridgehead atoms. The fraction of sp³-hybridized carbons (Fsp3) is 0.421. The lowest BCUT2D eigenvalue weighted by atomic mass is 9.95. The van der Waals surface area contributed by atoms with Crippen LogP contribution < -0.4 is 9.64 Å². The molecule has 0 N–H and O–H groups in total. The number of pyridine rings is 2. The Morgan fingerprint density at radius 3 is 2.68 bits per heavy atom. The standard InChI is InChI=1S/C19H20F3N3O3/c1-3-28-17-8-13(7-16(24-17)19(20,21)22)15-9-14(4-5-23-15)25-10-12(11-25)6-18(26)27-2/h4-5,7-9,12H,3,6,10-11H2,1-2H3. The van der Waals surface area contributed by atoms with E-state index in [1.807, 2.05) is 4.90 Å². The molecule has 6 nitrogen and oxygen atoms in total. The van der Waals surface area contributed by atoms with Crippen LogP contribution in [0.4, 0.5) is 18.9 Å². The molecule has 0 amide bonds. The third-order valence-electron chi connectivity index (χ3n) is 4.43. The Balaban J connectivity index is 1.82. The molecule has 0 atom stereocenters. The summed E-state index contributed by atoms with van der Waals surface area (Å²) in [5.74, 6) is -0.145. The van der Waals surface area contributed by atoms with Crippen molar-refractivity contribution in [2.45, 2.75) is 19.5 Å². The summed E-state index contributed by atoms with van der Waals surface area (Å²) >= 11 is 0. The molecular weight excluding hydrogens is 375 g/mol. The zero-order valence-corrected chi connectivity index (χ0v) is 15.5. The summed E-state index contributed by atoms with van der Waals surface area (Å²) in [6.45, 7) is 3.23. The monoisotopic (exact) mass is 395 g/mol. The van der Waals surface area contributed by atoms with E-state index in [1.54, 1.807) is 25.3 Å². The maximum absolute atomic E-state index is 13.2. The first-order valence-corrected chi connectivity index (χ1v) is 8.80. The molecule has 0 saturated carbocycles. The lowest BCUT2D eigenvalue weighted by Crippen LogP contribution is -2.47. The van der Waals surface area contributed by atoms with Gasteiger partial charge in [-0.1, -0.05) is 0 Å². The molecule has 3 rings (SSSR count). The van der Waals surface area contributed by atoms with Crippen LogP contribution >= 0.6 is 0 Å². The van der Waals surface area contributed by atoms with Crippen molar-refractivity contribution in [3.63, 3.8) is 0 Å². The van der Waals surface area contributed by atoms with Gasteiger partial charge in [0.2, 0.25) is 5.88 Å². The first-order valence-electron chi connectivity index (χ1n) is 8.80. The topological polar surface area (TPSA) is 64.5 Å². The van der Waals surface area contributed by atoms with E-state index in [1.165, 1.54) is 13.2 Å². The van der Waals surface area contributed by atoms with Gasteiger partial charge in [0.15, 0.2) is 0 Å². The van der Waals surface area contributed by atoms with Crippen LogP contribution in [0, 0.1) is 5.92 Å². The van der Waals surface area contributed by atoms with Gasteiger partial charge in [-0.05, 0) is 25.1 Å². The van der Waals surface area contributed by atoms with Crippen molar-refractivity contribution in [1.82, 2.24) is 9.97 Å². The second-order valence-electron chi connectivity index (χ2n) is 6.46. The van der Waals surface area contributed by atoms with Crippen molar-refractivity contribution in [2.75, 3.05) is 31.7 Å². The highest BCUT2D eigenvalue weighted by molar-refractivity contribution is 5.70. The summed E-state index contributed by atoms with van der Waals surface area (Å²) in [5.41, 5.74) is 0.472. The van der Waals surface area contributed by atoms with Crippen molar-refractivity contribution >= 4 is 11.7 Å². The minimum atomic E-state index is -4.59. The van der Waals surface area contributed by atoms with E-state index in [0.717, 1.165) is 11.8 Å². The third kappa shape index (κ3) is 4.52. The second-order valence-corrected chi connectivity index (χ2v) is 6.46. The number of hydrogen-bond acceptors (Lipinski definition) is 6. The van der Waals surface area contributed by atoms with Gasteiger partial charge in [0.05, 0.1) is 25.8 Å². The molecule has 0 unspecified atom stereocenters. The molecule has 0 aliphatic carbocycles. The highest BCUT2D eigenvalue weighted by Crippen LogP contribution is 2.34. The van der Waals surface area contributed by atoms with Gasteiger partial charge in [-0.3, -0.25) is 9.78 Å². The number of anilines is 1. The van der Waals surface area contributed by atoms with E-state index in [0.29, 0.717) is 25.2 Å². The Kier molecular flexibility index (Phi) is 5.71. The van der Waals surface area contributed by atoms with Crippen LogP contribution in [0.15, 0.2) is 30.5 Å². The predicted octanol–water partition coefficient (Wildman–Crippen LogP) is 3.56. The van der Waals surface area contributed by atoms with Crippen LogP contribution in [-0.2, 0) is 15.7 Å². The number of esters is 1. The summed E-state index contributed by atoms with van der Waals surface area (Å²) < 4.78 is 49.4. The van der Waals surface area contributed by atoms with Crippen LogP contribution in [0.1, 0.15) is 19.0 Å².